The number of phenolic OH excluding ortho intramolecular Hbond substituents is 1. The van der Waals surface area contributed by atoms with Gasteiger partial charge >= 0.3 is 0 Å². The molecular weight excluding hydrogens is 208 g/mol. The first-order chi connectivity index (χ1) is 7.67. The number of nitriles is 1. The number of anilines is 1. The Morgan fingerprint density at radius 3 is 3.00 bits per heavy atom. The largest absolute Gasteiger partial charge is 0.506 e. The summed E-state index contributed by atoms with van der Waals surface area (Å²) < 4.78 is 4.75. The Morgan fingerprint density at radius 2 is 2.38 bits per heavy atom. The van der Waals surface area contributed by atoms with E-state index in [0.717, 1.165) is 0 Å². The quantitative estimate of drug-likeness (QED) is 0.748. The van der Waals surface area contributed by atoms with Crippen molar-refractivity contribution < 1.29 is 14.6 Å². The van der Waals surface area contributed by atoms with Gasteiger partial charge in [0, 0.05) is 7.11 Å². The first kappa shape index (κ1) is 12.0. The number of ether oxygens (including phenoxy) is 1. The first-order valence-electron chi connectivity index (χ1n) is 4.69. The molecule has 84 valence electrons. The summed E-state index contributed by atoms with van der Waals surface area (Å²) in [5.41, 5.74) is 0.611. The van der Waals surface area contributed by atoms with E-state index in [1.807, 2.05) is 6.07 Å². The van der Waals surface area contributed by atoms with Gasteiger partial charge in [-0.1, -0.05) is 0 Å². The number of aromatic hydroxyl groups is 1. The number of nitrogens with one attached hydrogen (secondary N) is 1. The number of carbonyl (C=O) groups is 1. The van der Waals surface area contributed by atoms with E-state index in [2.05, 4.69) is 5.32 Å². The average molecular weight is 220 g/mol. The molecule has 0 fully saturated rings. The molecule has 0 saturated heterocycles. The number of hydrogen-bond acceptors (Lipinski definition) is 4. The number of methoxy groups -OCH3 is 1. The Bertz CT molecular complexity index is 424. The van der Waals surface area contributed by atoms with Crippen LogP contribution in [0.2, 0.25) is 0 Å². The molecule has 5 nitrogen and oxygen atoms in total. The first-order valence-corrected chi connectivity index (χ1v) is 4.69. The minimum Gasteiger partial charge on any atom is -0.506 e. The molecule has 0 aliphatic carbocycles. The van der Waals surface area contributed by atoms with Crippen LogP contribution in [0.5, 0.6) is 5.75 Å². The molecule has 0 bridgehead atoms. The predicted octanol–water partition coefficient (Wildman–Crippen LogP) is 1.24. The summed E-state index contributed by atoms with van der Waals surface area (Å²) in [5, 5.41) is 20.6. The van der Waals surface area contributed by atoms with E-state index in [0.29, 0.717) is 12.2 Å². The minimum atomic E-state index is -0.271. The molecule has 16 heavy (non-hydrogen) atoms. The van der Waals surface area contributed by atoms with Crippen LogP contribution in [-0.4, -0.2) is 24.7 Å². The number of rotatable bonds is 4. The van der Waals surface area contributed by atoms with Crippen LogP contribution in [0.3, 0.4) is 0 Å². The lowest BCUT2D eigenvalue weighted by molar-refractivity contribution is -0.117. The maximum atomic E-state index is 11.3. The standard InChI is InChI=1S/C11H12N2O3/c1-16-5-4-11(15)13-9-6-8(7-12)2-3-10(9)14/h2-3,6,14H,4-5H2,1H3,(H,13,15). The third kappa shape index (κ3) is 3.26. The second kappa shape index (κ2) is 5.73. The number of hydrogen-bond donors (Lipinski definition) is 2. The van der Waals surface area contributed by atoms with Crippen molar-refractivity contribution in [3.63, 3.8) is 0 Å². The number of carbonyl (C=O) groups excluding carboxylic acids is 1. The third-order valence-electron chi connectivity index (χ3n) is 1.93. The molecule has 2 N–H and O–H groups in total. The van der Waals surface area contributed by atoms with Crippen molar-refractivity contribution in [3.8, 4) is 11.8 Å². The monoisotopic (exact) mass is 220 g/mol. The molecular formula is C11H12N2O3. The van der Waals surface area contributed by atoms with Crippen LogP contribution in [0.1, 0.15) is 12.0 Å². The second-order valence-electron chi connectivity index (χ2n) is 3.13. The smallest absolute Gasteiger partial charge is 0.226 e. The number of phenols is 1. The highest BCUT2D eigenvalue weighted by Crippen LogP contribution is 2.23. The van der Waals surface area contributed by atoms with Crippen LogP contribution >= 0.6 is 0 Å². The van der Waals surface area contributed by atoms with Gasteiger partial charge in [-0.15, -0.1) is 0 Å². The Hall–Kier alpha value is -2.06. The zero-order valence-electron chi connectivity index (χ0n) is 8.86. The van der Waals surface area contributed by atoms with Gasteiger partial charge in [0.1, 0.15) is 5.75 Å². The third-order valence-corrected chi connectivity index (χ3v) is 1.93. The lowest BCUT2D eigenvalue weighted by Gasteiger charge is -2.07. The summed E-state index contributed by atoms with van der Waals surface area (Å²) in [6, 6.07) is 6.18. The Kier molecular flexibility index (Phi) is 4.30. The number of benzene rings is 1. The molecule has 1 aromatic carbocycles. The molecule has 0 saturated carbocycles. The van der Waals surface area contributed by atoms with Gasteiger partial charge in [-0.3, -0.25) is 4.79 Å². The van der Waals surface area contributed by atoms with Crippen molar-refractivity contribution >= 4 is 11.6 Å². The lowest BCUT2D eigenvalue weighted by atomic mass is 10.2. The molecule has 1 rings (SSSR count). The van der Waals surface area contributed by atoms with Gasteiger partial charge in [0.15, 0.2) is 0 Å². The Balaban J connectivity index is 2.73. The van der Waals surface area contributed by atoms with E-state index in [1.165, 1.54) is 25.3 Å². The summed E-state index contributed by atoms with van der Waals surface area (Å²) in [6.45, 7) is 0.310. The average Bonchev–Trinajstić information content (AvgIpc) is 2.29. The summed E-state index contributed by atoms with van der Waals surface area (Å²) >= 11 is 0. The molecule has 1 aromatic rings. The molecule has 0 radical (unpaired) electrons. The van der Waals surface area contributed by atoms with Gasteiger partial charge < -0.3 is 15.2 Å². The summed E-state index contributed by atoms with van der Waals surface area (Å²) in [6.07, 6.45) is 0.201. The van der Waals surface area contributed by atoms with Crippen molar-refractivity contribution in [2.75, 3.05) is 19.0 Å². The molecule has 0 aliphatic rings. The van der Waals surface area contributed by atoms with E-state index in [1.54, 1.807) is 0 Å². The van der Waals surface area contributed by atoms with Crippen molar-refractivity contribution in [2.24, 2.45) is 0 Å². The number of amides is 1. The summed E-state index contributed by atoms with van der Waals surface area (Å²) in [7, 11) is 1.50. The topological polar surface area (TPSA) is 82.3 Å². The number of nitrogens with zero attached hydrogens (tertiary/aromatic N) is 1. The molecule has 0 atom stereocenters. The summed E-state index contributed by atoms with van der Waals surface area (Å²) in [5.74, 6) is -0.336. The van der Waals surface area contributed by atoms with Crippen LogP contribution in [0.4, 0.5) is 5.69 Å². The summed E-state index contributed by atoms with van der Waals surface area (Å²) in [4.78, 5) is 11.3. The van der Waals surface area contributed by atoms with Gasteiger partial charge in [-0.2, -0.15) is 5.26 Å². The second-order valence-corrected chi connectivity index (χ2v) is 3.13. The van der Waals surface area contributed by atoms with Crippen LogP contribution < -0.4 is 5.32 Å². The van der Waals surface area contributed by atoms with Crippen LogP contribution in [0.25, 0.3) is 0 Å². The van der Waals surface area contributed by atoms with E-state index in [4.69, 9.17) is 10.00 Å². The van der Waals surface area contributed by atoms with Crippen molar-refractivity contribution in [1.29, 1.82) is 5.26 Å². The van der Waals surface area contributed by atoms with Gasteiger partial charge in [0.25, 0.3) is 0 Å². The zero-order chi connectivity index (χ0) is 12.0. The fourth-order valence-corrected chi connectivity index (χ4v) is 1.11. The van der Waals surface area contributed by atoms with Crippen LogP contribution in [-0.2, 0) is 9.53 Å². The van der Waals surface area contributed by atoms with E-state index in [9.17, 15) is 9.90 Å². The molecule has 0 heterocycles. The molecule has 0 aliphatic heterocycles. The Morgan fingerprint density at radius 1 is 1.62 bits per heavy atom. The molecule has 0 aromatic heterocycles. The Labute approximate surface area is 93.3 Å². The zero-order valence-corrected chi connectivity index (χ0v) is 8.86. The van der Waals surface area contributed by atoms with Crippen molar-refractivity contribution in [1.82, 2.24) is 0 Å². The molecule has 1 amide bonds. The van der Waals surface area contributed by atoms with E-state index >= 15 is 0 Å². The van der Waals surface area contributed by atoms with Gasteiger partial charge in [-0.05, 0) is 18.2 Å². The predicted molar refractivity (Wildman–Crippen MR) is 57.9 cm³/mol. The van der Waals surface area contributed by atoms with Gasteiger partial charge in [0.05, 0.1) is 30.3 Å². The fourth-order valence-electron chi connectivity index (χ4n) is 1.11. The fraction of sp³-hybridized carbons (Fsp3) is 0.273. The highest BCUT2D eigenvalue weighted by atomic mass is 16.5. The lowest BCUT2D eigenvalue weighted by Crippen LogP contribution is -2.13. The maximum Gasteiger partial charge on any atom is 0.226 e. The van der Waals surface area contributed by atoms with Crippen molar-refractivity contribution in [3.05, 3.63) is 23.8 Å². The molecule has 0 spiro atoms. The normalized spacial score (nSPS) is 9.50. The van der Waals surface area contributed by atoms with Crippen molar-refractivity contribution in [2.45, 2.75) is 6.42 Å². The van der Waals surface area contributed by atoms with Crippen LogP contribution in [0.15, 0.2) is 18.2 Å². The van der Waals surface area contributed by atoms with E-state index < -0.39 is 0 Å². The highest BCUT2D eigenvalue weighted by Gasteiger charge is 2.06. The molecule has 0 unspecified atom stereocenters. The molecule has 5 heteroatoms. The maximum absolute atomic E-state index is 11.3. The van der Waals surface area contributed by atoms with Gasteiger partial charge in [-0.25, -0.2) is 0 Å². The van der Waals surface area contributed by atoms with E-state index in [-0.39, 0.29) is 23.8 Å². The minimum absolute atomic E-state index is 0.0650. The van der Waals surface area contributed by atoms with Gasteiger partial charge in [0.2, 0.25) is 5.91 Å². The van der Waals surface area contributed by atoms with Crippen LogP contribution in [0, 0.1) is 11.3 Å². The SMILES string of the molecule is COCCC(=O)Nc1cc(C#N)ccc1O. The highest BCUT2D eigenvalue weighted by molar-refractivity contribution is 5.92.